The third-order valence-electron chi connectivity index (χ3n) is 3.74. The van der Waals surface area contributed by atoms with Crippen molar-refractivity contribution in [3.05, 3.63) is 33.0 Å². The Bertz CT molecular complexity index is 895. The number of carbonyl (C=O) groups is 3. The molecule has 0 bridgehead atoms. The van der Waals surface area contributed by atoms with Crippen LogP contribution in [0.1, 0.15) is 12.8 Å². The molecule has 3 rings (SSSR count). The van der Waals surface area contributed by atoms with Gasteiger partial charge in [-0.1, -0.05) is 0 Å². The summed E-state index contributed by atoms with van der Waals surface area (Å²) in [5.74, 6) is -1.94. The standard InChI is InChI=1S/C14H13N5O6/c1-17(6-12(22)25-18-10(20)4-5-11(18)21)8-2-3-9(19(23)24)14-13(8)15-7-16-14/h2-3H,4-7H2,1H3. The molecule has 0 N–H and O–H groups in total. The maximum absolute atomic E-state index is 12.0. The van der Waals surface area contributed by atoms with Gasteiger partial charge in [0.25, 0.3) is 17.5 Å². The average Bonchev–Trinajstić information content (AvgIpc) is 3.15. The highest BCUT2D eigenvalue weighted by atomic mass is 16.7. The van der Waals surface area contributed by atoms with E-state index in [9.17, 15) is 24.5 Å². The van der Waals surface area contributed by atoms with E-state index in [1.807, 2.05) is 0 Å². The van der Waals surface area contributed by atoms with Crippen LogP contribution >= 0.6 is 0 Å². The molecule has 1 fully saturated rings. The van der Waals surface area contributed by atoms with Crippen molar-refractivity contribution in [1.29, 1.82) is 0 Å². The molecule has 0 radical (unpaired) electrons. The summed E-state index contributed by atoms with van der Waals surface area (Å²) in [7, 11) is 1.56. The average molecular weight is 347 g/mol. The van der Waals surface area contributed by atoms with Gasteiger partial charge >= 0.3 is 5.97 Å². The van der Waals surface area contributed by atoms with Crippen molar-refractivity contribution in [2.75, 3.05) is 25.2 Å². The Morgan fingerprint density at radius 3 is 2.56 bits per heavy atom. The number of fused-ring (bicyclic) bond motifs is 1. The summed E-state index contributed by atoms with van der Waals surface area (Å²) in [5, 5.41) is 12.0. The van der Waals surface area contributed by atoms with Gasteiger partial charge in [0, 0.05) is 26.0 Å². The smallest absolute Gasteiger partial charge is 0.352 e. The lowest BCUT2D eigenvalue weighted by atomic mass is 10.2. The SMILES string of the molecule is CN(CC(=O)ON1C(=O)CCC1=O)c1ccc([N+](=O)[O-])c2c1=NCN=2. The van der Waals surface area contributed by atoms with Crippen LogP contribution in [0.2, 0.25) is 0 Å². The Hall–Kier alpha value is -3.37. The number of imide groups is 1. The zero-order valence-corrected chi connectivity index (χ0v) is 13.2. The Kier molecular flexibility index (Phi) is 4.13. The van der Waals surface area contributed by atoms with Crippen LogP contribution < -0.4 is 15.6 Å². The van der Waals surface area contributed by atoms with E-state index >= 15 is 0 Å². The van der Waals surface area contributed by atoms with Crippen molar-refractivity contribution in [3.63, 3.8) is 0 Å². The van der Waals surface area contributed by atoms with E-state index in [2.05, 4.69) is 9.98 Å². The lowest BCUT2D eigenvalue weighted by Crippen LogP contribution is -2.39. The predicted octanol–water partition coefficient (Wildman–Crippen LogP) is -1.15. The number of hydroxylamine groups is 2. The minimum atomic E-state index is -0.812. The second kappa shape index (κ2) is 6.26. The summed E-state index contributed by atoms with van der Waals surface area (Å²) in [4.78, 5) is 59.7. The maximum Gasteiger partial charge on any atom is 0.352 e. The van der Waals surface area contributed by atoms with Crippen LogP contribution in [0.15, 0.2) is 22.1 Å². The maximum atomic E-state index is 12.0. The van der Waals surface area contributed by atoms with E-state index in [1.165, 1.54) is 17.0 Å². The Balaban J connectivity index is 1.78. The molecular formula is C14H13N5O6. The molecule has 11 nitrogen and oxygen atoms in total. The third-order valence-corrected chi connectivity index (χ3v) is 3.74. The molecule has 2 amide bonds. The number of hydrogen-bond donors (Lipinski definition) is 0. The fourth-order valence-corrected chi connectivity index (χ4v) is 2.57. The summed E-state index contributed by atoms with van der Waals surface area (Å²) in [5.41, 5.74) is 0.294. The second-order valence-electron chi connectivity index (χ2n) is 5.42. The molecule has 0 aliphatic carbocycles. The largest absolute Gasteiger partial charge is 0.362 e. The first-order valence-corrected chi connectivity index (χ1v) is 7.32. The molecule has 0 saturated carbocycles. The molecule has 130 valence electrons. The quantitative estimate of drug-likeness (QED) is 0.373. The van der Waals surface area contributed by atoms with E-state index in [0.717, 1.165) is 0 Å². The molecule has 0 unspecified atom stereocenters. The molecule has 0 aromatic heterocycles. The molecule has 2 aliphatic heterocycles. The fourth-order valence-electron chi connectivity index (χ4n) is 2.57. The lowest BCUT2D eigenvalue weighted by molar-refractivity contribution is -0.386. The summed E-state index contributed by atoms with van der Waals surface area (Å²) in [6.45, 7) is -0.209. The molecule has 25 heavy (non-hydrogen) atoms. The lowest BCUT2D eigenvalue weighted by Gasteiger charge is -2.19. The molecule has 0 spiro atoms. The number of likely N-dealkylation sites (N-methyl/N-ethyl adjacent to an activating group) is 1. The van der Waals surface area contributed by atoms with Gasteiger partial charge < -0.3 is 9.74 Å². The molecule has 2 heterocycles. The van der Waals surface area contributed by atoms with Crippen LogP contribution in [0.4, 0.5) is 11.4 Å². The summed E-state index contributed by atoms with van der Waals surface area (Å²) in [6.07, 6.45) is 0.0242. The number of nitro benzene ring substituents is 1. The van der Waals surface area contributed by atoms with Crippen molar-refractivity contribution >= 4 is 29.2 Å². The van der Waals surface area contributed by atoms with Crippen molar-refractivity contribution in [1.82, 2.24) is 5.06 Å². The molecule has 1 aromatic carbocycles. The van der Waals surface area contributed by atoms with Gasteiger partial charge in [0.1, 0.15) is 18.6 Å². The van der Waals surface area contributed by atoms with Gasteiger partial charge in [-0.05, 0) is 6.07 Å². The Morgan fingerprint density at radius 1 is 1.28 bits per heavy atom. The second-order valence-corrected chi connectivity index (χ2v) is 5.42. The molecule has 2 aliphatic rings. The number of non-ortho nitro benzene ring substituents is 1. The van der Waals surface area contributed by atoms with E-state index < -0.39 is 22.7 Å². The fraction of sp³-hybridized carbons (Fsp3) is 0.357. The number of rotatable bonds is 5. The molecule has 1 aromatic rings. The van der Waals surface area contributed by atoms with Crippen LogP contribution in [-0.2, 0) is 19.2 Å². The van der Waals surface area contributed by atoms with Gasteiger partial charge in [-0.2, -0.15) is 0 Å². The van der Waals surface area contributed by atoms with Gasteiger partial charge in [-0.3, -0.25) is 29.7 Å². The van der Waals surface area contributed by atoms with Crippen LogP contribution in [0.5, 0.6) is 0 Å². The van der Waals surface area contributed by atoms with Crippen LogP contribution in [0, 0.1) is 10.1 Å². The Morgan fingerprint density at radius 2 is 1.92 bits per heavy atom. The molecule has 11 heteroatoms. The van der Waals surface area contributed by atoms with Crippen molar-refractivity contribution in [2.45, 2.75) is 12.8 Å². The van der Waals surface area contributed by atoms with E-state index in [1.54, 1.807) is 7.05 Å². The van der Waals surface area contributed by atoms with Gasteiger partial charge in [0.2, 0.25) is 0 Å². The topological polar surface area (TPSA) is 135 Å². The highest BCUT2D eigenvalue weighted by molar-refractivity contribution is 6.01. The number of carbonyl (C=O) groups excluding carboxylic acids is 3. The predicted molar refractivity (Wildman–Crippen MR) is 80.7 cm³/mol. The number of nitro groups is 1. The number of amides is 2. The summed E-state index contributed by atoms with van der Waals surface area (Å²) in [6, 6.07) is 2.74. The third kappa shape index (κ3) is 3.03. The zero-order chi connectivity index (χ0) is 18.1. The van der Waals surface area contributed by atoms with Crippen LogP contribution in [-0.4, -0.2) is 48.0 Å². The highest BCUT2D eigenvalue weighted by Gasteiger charge is 2.33. The molecule has 1 saturated heterocycles. The first-order valence-electron chi connectivity index (χ1n) is 7.32. The Labute approximate surface area is 140 Å². The number of nitrogens with zero attached hydrogens (tertiary/aromatic N) is 5. The van der Waals surface area contributed by atoms with Gasteiger partial charge in [-0.25, -0.2) is 4.79 Å². The molecular weight excluding hydrogens is 334 g/mol. The minimum absolute atomic E-state index is 0.0121. The summed E-state index contributed by atoms with van der Waals surface area (Å²) >= 11 is 0. The number of benzene rings is 1. The first-order chi connectivity index (χ1) is 11.9. The minimum Gasteiger partial charge on any atom is -0.362 e. The van der Waals surface area contributed by atoms with E-state index in [-0.39, 0.29) is 37.1 Å². The van der Waals surface area contributed by atoms with Crippen molar-refractivity contribution in [3.8, 4) is 0 Å². The molecule has 0 atom stereocenters. The number of anilines is 1. The first kappa shape index (κ1) is 16.5. The monoisotopic (exact) mass is 347 g/mol. The van der Waals surface area contributed by atoms with Gasteiger partial charge in [-0.15, -0.1) is 5.06 Å². The normalized spacial score (nSPS) is 15.5. The number of hydrogen-bond acceptors (Lipinski definition) is 9. The van der Waals surface area contributed by atoms with E-state index in [0.29, 0.717) is 16.1 Å². The highest BCUT2D eigenvalue weighted by Crippen LogP contribution is 2.14. The van der Waals surface area contributed by atoms with Crippen molar-refractivity contribution < 1.29 is 24.1 Å². The van der Waals surface area contributed by atoms with Gasteiger partial charge in [0.05, 0.1) is 10.6 Å². The zero-order valence-electron chi connectivity index (χ0n) is 13.2. The van der Waals surface area contributed by atoms with Crippen molar-refractivity contribution in [2.24, 2.45) is 9.98 Å². The summed E-state index contributed by atoms with van der Waals surface area (Å²) < 4.78 is 0. The van der Waals surface area contributed by atoms with Gasteiger partial charge in [0.15, 0.2) is 5.36 Å². The van der Waals surface area contributed by atoms with Crippen LogP contribution in [0.25, 0.3) is 0 Å². The van der Waals surface area contributed by atoms with E-state index in [4.69, 9.17) is 4.84 Å². The van der Waals surface area contributed by atoms with Crippen LogP contribution in [0.3, 0.4) is 0 Å².